The normalized spacial score (nSPS) is 15.7. The second-order valence-electron chi connectivity index (χ2n) is 4.83. The molecule has 0 unspecified atom stereocenters. The molecule has 7 nitrogen and oxygen atoms in total. The van der Waals surface area contributed by atoms with Crippen LogP contribution in [0.5, 0.6) is 0 Å². The van der Waals surface area contributed by atoms with Crippen molar-refractivity contribution in [2.45, 2.75) is 24.2 Å². The number of benzene rings is 1. The summed E-state index contributed by atoms with van der Waals surface area (Å²) in [5.41, 5.74) is 0.0342. The van der Waals surface area contributed by atoms with Crippen molar-refractivity contribution >= 4 is 21.4 Å². The van der Waals surface area contributed by atoms with E-state index in [-0.39, 0.29) is 16.3 Å². The second-order valence-corrected chi connectivity index (χ2v) is 6.60. The Morgan fingerprint density at radius 1 is 1.40 bits per heavy atom. The van der Waals surface area contributed by atoms with Crippen molar-refractivity contribution in [3.63, 3.8) is 0 Å². The van der Waals surface area contributed by atoms with Gasteiger partial charge in [0.1, 0.15) is 5.69 Å². The van der Waals surface area contributed by atoms with Crippen LogP contribution in [0.1, 0.15) is 19.3 Å². The first-order valence-corrected chi connectivity index (χ1v) is 7.88. The number of nitro groups is 1. The van der Waals surface area contributed by atoms with E-state index >= 15 is 0 Å². The molecule has 0 atom stereocenters. The third-order valence-electron chi connectivity index (χ3n) is 3.53. The lowest BCUT2D eigenvalue weighted by atomic mass is 9.86. The van der Waals surface area contributed by atoms with Crippen LogP contribution in [-0.2, 0) is 10.0 Å². The minimum atomic E-state index is -3.69. The first-order valence-electron chi connectivity index (χ1n) is 6.40. The predicted molar refractivity (Wildman–Crippen MR) is 75.2 cm³/mol. The molecule has 0 heterocycles. The Morgan fingerprint density at radius 3 is 2.60 bits per heavy atom. The highest BCUT2D eigenvalue weighted by molar-refractivity contribution is 7.89. The summed E-state index contributed by atoms with van der Waals surface area (Å²) in [6, 6.07) is 3.84. The van der Waals surface area contributed by atoms with Gasteiger partial charge in [0.05, 0.1) is 9.82 Å². The van der Waals surface area contributed by atoms with Crippen LogP contribution in [0.2, 0.25) is 0 Å². The van der Waals surface area contributed by atoms with Crippen molar-refractivity contribution < 1.29 is 13.3 Å². The van der Waals surface area contributed by atoms with Crippen LogP contribution in [0.3, 0.4) is 0 Å². The van der Waals surface area contributed by atoms with Gasteiger partial charge in [0.2, 0.25) is 10.0 Å². The van der Waals surface area contributed by atoms with Gasteiger partial charge in [-0.1, -0.05) is 6.42 Å². The van der Waals surface area contributed by atoms with Gasteiger partial charge in [-0.2, -0.15) is 0 Å². The van der Waals surface area contributed by atoms with Crippen molar-refractivity contribution in [2.24, 2.45) is 5.92 Å². The zero-order valence-electron chi connectivity index (χ0n) is 11.1. The van der Waals surface area contributed by atoms with Crippen molar-refractivity contribution in [1.29, 1.82) is 0 Å². The smallest absolute Gasteiger partial charge is 0.293 e. The summed E-state index contributed by atoms with van der Waals surface area (Å²) in [6.07, 6.45) is 3.19. The minimum Gasteiger partial charge on any atom is -0.383 e. The van der Waals surface area contributed by atoms with Gasteiger partial charge >= 0.3 is 0 Å². The predicted octanol–water partition coefficient (Wildman–Crippen LogP) is 1.71. The molecule has 1 aromatic carbocycles. The maximum atomic E-state index is 12.1. The second kappa shape index (κ2) is 5.76. The molecule has 0 radical (unpaired) electrons. The van der Waals surface area contributed by atoms with Gasteiger partial charge in [0, 0.05) is 19.7 Å². The zero-order chi connectivity index (χ0) is 14.8. The number of hydrogen-bond donors (Lipinski definition) is 2. The monoisotopic (exact) mass is 299 g/mol. The van der Waals surface area contributed by atoms with Crippen LogP contribution in [-0.4, -0.2) is 26.9 Å². The largest absolute Gasteiger partial charge is 0.383 e. The molecule has 0 saturated heterocycles. The quantitative estimate of drug-likeness (QED) is 0.615. The van der Waals surface area contributed by atoms with Gasteiger partial charge in [-0.3, -0.25) is 10.1 Å². The first kappa shape index (κ1) is 14.7. The first-order chi connectivity index (χ1) is 9.44. The summed E-state index contributed by atoms with van der Waals surface area (Å²) in [5, 5.41) is 13.6. The highest BCUT2D eigenvalue weighted by Gasteiger charge is 2.23. The number of sulfonamides is 1. The standard InChI is InChI=1S/C12H17N3O4S/c1-13-11-6-5-10(7-12(11)15(16)17)20(18,19)14-8-9-3-2-4-9/h5-7,9,13-14H,2-4,8H2,1H3. The molecule has 0 bridgehead atoms. The Bertz CT molecular complexity index is 611. The number of hydrogen-bond acceptors (Lipinski definition) is 5. The highest BCUT2D eigenvalue weighted by atomic mass is 32.2. The molecule has 1 aromatic rings. The lowest BCUT2D eigenvalue weighted by molar-refractivity contribution is -0.384. The maximum Gasteiger partial charge on any atom is 0.293 e. The molecule has 0 aromatic heterocycles. The van der Waals surface area contributed by atoms with Crippen LogP contribution in [0, 0.1) is 16.0 Å². The van der Waals surface area contributed by atoms with Crippen molar-refractivity contribution in [2.75, 3.05) is 18.9 Å². The van der Waals surface area contributed by atoms with Gasteiger partial charge in [-0.15, -0.1) is 0 Å². The molecule has 20 heavy (non-hydrogen) atoms. The van der Waals surface area contributed by atoms with E-state index in [1.165, 1.54) is 12.1 Å². The van der Waals surface area contributed by atoms with Gasteiger partial charge in [0.25, 0.3) is 5.69 Å². The van der Waals surface area contributed by atoms with E-state index in [1.54, 1.807) is 7.05 Å². The van der Waals surface area contributed by atoms with Crippen molar-refractivity contribution in [1.82, 2.24) is 4.72 Å². The van der Waals surface area contributed by atoms with E-state index in [0.717, 1.165) is 25.3 Å². The van der Waals surface area contributed by atoms with Gasteiger partial charge in [-0.05, 0) is 30.9 Å². The lowest BCUT2D eigenvalue weighted by Gasteiger charge is -2.25. The van der Waals surface area contributed by atoms with E-state index < -0.39 is 14.9 Å². The molecule has 1 saturated carbocycles. The van der Waals surface area contributed by atoms with Crippen LogP contribution >= 0.6 is 0 Å². The summed E-state index contributed by atoms with van der Waals surface area (Å²) in [6.45, 7) is 0.393. The molecule has 2 rings (SSSR count). The Morgan fingerprint density at radius 2 is 2.10 bits per heavy atom. The van der Waals surface area contributed by atoms with E-state index in [1.807, 2.05) is 0 Å². The van der Waals surface area contributed by atoms with Crippen LogP contribution in [0.15, 0.2) is 23.1 Å². The lowest BCUT2D eigenvalue weighted by Crippen LogP contribution is -2.32. The molecule has 0 aliphatic heterocycles. The molecular formula is C12H17N3O4S. The summed E-state index contributed by atoms with van der Waals surface area (Å²) < 4.78 is 26.7. The Labute approximate surface area is 117 Å². The fourth-order valence-electron chi connectivity index (χ4n) is 2.05. The van der Waals surface area contributed by atoms with Gasteiger partial charge in [-0.25, -0.2) is 13.1 Å². The number of nitrogens with zero attached hydrogens (tertiary/aromatic N) is 1. The average molecular weight is 299 g/mol. The average Bonchev–Trinajstić information content (AvgIpc) is 2.35. The van der Waals surface area contributed by atoms with E-state index in [4.69, 9.17) is 0 Å². The number of nitro benzene ring substituents is 1. The van der Waals surface area contributed by atoms with E-state index in [9.17, 15) is 18.5 Å². The van der Waals surface area contributed by atoms with Gasteiger partial charge in [0.15, 0.2) is 0 Å². The molecular weight excluding hydrogens is 282 g/mol. The van der Waals surface area contributed by atoms with Crippen LogP contribution in [0.4, 0.5) is 11.4 Å². The van der Waals surface area contributed by atoms with Crippen molar-refractivity contribution in [3.8, 4) is 0 Å². The van der Waals surface area contributed by atoms with Crippen molar-refractivity contribution in [3.05, 3.63) is 28.3 Å². The van der Waals surface area contributed by atoms with E-state index in [2.05, 4.69) is 10.0 Å². The summed E-state index contributed by atoms with van der Waals surface area (Å²) in [7, 11) is -2.15. The topological polar surface area (TPSA) is 101 Å². The Hall–Kier alpha value is -1.67. The fraction of sp³-hybridized carbons (Fsp3) is 0.500. The summed E-state index contributed by atoms with van der Waals surface area (Å²) in [4.78, 5) is 10.3. The molecule has 0 amide bonds. The molecule has 1 fully saturated rings. The van der Waals surface area contributed by atoms with E-state index in [0.29, 0.717) is 12.5 Å². The number of rotatable bonds is 6. The molecule has 110 valence electrons. The molecule has 2 N–H and O–H groups in total. The molecule has 1 aliphatic rings. The van der Waals surface area contributed by atoms with Crippen LogP contribution < -0.4 is 10.0 Å². The summed E-state index contributed by atoms with van der Waals surface area (Å²) in [5.74, 6) is 0.386. The fourth-order valence-corrected chi connectivity index (χ4v) is 3.18. The highest BCUT2D eigenvalue weighted by Crippen LogP contribution is 2.28. The number of anilines is 1. The summed E-state index contributed by atoms with van der Waals surface area (Å²) >= 11 is 0. The maximum absolute atomic E-state index is 12.1. The van der Waals surface area contributed by atoms with Gasteiger partial charge < -0.3 is 5.32 Å². The Kier molecular flexibility index (Phi) is 4.24. The van der Waals surface area contributed by atoms with Crippen LogP contribution in [0.25, 0.3) is 0 Å². The Balaban J connectivity index is 2.22. The molecule has 1 aliphatic carbocycles. The third kappa shape index (κ3) is 3.07. The minimum absolute atomic E-state index is 0.0810. The molecule has 8 heteroatoms. The molecule has 0 spiro atoms. The third-order valence-corrected chi connectivity index (χ3v) is 4.95. The zero-order valence-corrected chi connectivity index (χ0v) is 11.9. The number of nitrogens with one attached hydrogen (secondary N) is 2. The SMILES string of the molecule is CNc1ccc(S(=O)(=O)NCC2CCC2)cc1[N+](=O)[O-].